The molecule has 106 valence electrons. The number of allylic oxidation sites excluding steroid dienone is 2. The van der Waals surface area contributed by atoms with E-state index < -0.39 is 11.7 Å². The monoisotopic (exact) mass is 279 g/mol. The summed E-state index contributed by atoms with van der Waals surface area (Å²) >= 11 is 0. The second kappa shape index (κ2) is 6.13. The van der Waals surface area contributed by atoms with Gasteiger partial charge in [0, 0.05) is 6.08 Å². The van der Waals surface area contributed by atoms with Crippen LogP contribution in [0.5, 0.6) is 0 Å². The number of hydrogen-bond acceptors (Lipinski definition) is 1. The van der Waals surface area contributed by atoms with E-state index in [-0.39, 0.29) is 0 Å². The Kier molecular flexibility index (Phi) is 4.49. The van der Waals surface area contributed by atoms with Crippen LogP contribution in [0.1, 0.15) is 42.7 Å². The van der Waals surface area contributed by atoms with Gasteiger partial charge in [0.1, 0.15) is 0 Å². The molecule has 0 saturated heterocycles. The number of nitriles is 1. The lowest BCUT2D eigenvalue weighted by Crippen LogP contribution is -2.12. The van der Waals surface area contributed by atoms with Crippen molar-refractivity contribution in [1.29, 1.82) is 5.26 Å². The molecule has 0 N–H and O–H groups in total. The summed E-state index contributed by atoms with van der Waals surface area (Å²) in [4.78, 5) is 0. The molecule has 0 amide bonds. The van der Waals surface area contributed by atoms with Gasteiger partial charge < -0.3 is 0 Å². The highest BCUT2D eigenvalue weighted by Crippen LogP contribution is 2.37. The molecule has 0 heterocycles. The first-order valence-electron chi connectivity index (χ1n) is 6.74. The van der Waals surface area contributed by atoms with Crippen molar-refractivity contribution < 1.29 is 13.2 Å². The minimum absolute atomic E-state index is 0.337. The lowest BCUT2D eigenvalue weighted by Gasteiger charge is -2.27. The number of benzene rings is 1. The Morgan fingerprint density at radius 2 is 1.65 bits per heavy atom. The zero-order valence-corrected chi connectivity index (χ0v) is 11.0. The summed E-state index contributed by atoms with van der Waals surface area (Å²) in [6.45, 7) is 0. The maximum Gasteiger partial charge on any atom is 0.416 e. The molecule has 0 unspecified atom stereocenters. The van der Waals surface area contributed by atoms with E-state index in [9.17, 15) is 13.2 Å². The van der Waals surface area contributed by atoms with Crippen LogP contribution in [-0.4, -0.2) is 0 Å². The van der Waals surface area contributed by atoms with Gasteiger partial charge in [-0.25, -0.2) is 0 Å². The number of hydrogen-bond donors (Lipinski definition) is 0. The van der Waals surface area contributed by atoms with E-state index in [1.54, 1.807) is 12.1 Å². The van der Waals surface area contributed by atoms with Crippen LogP contribution in [0.2, 0.25) is 0 Å². The van der Waals surface area contributed by atoms with Gasteiger partial charge in [-0.05, 0) is 55.2 Å². The fraction of sp³-hybridized carbons (Fsp3) is 0.438. The predicted octanol–water partition coefficient (Wildman–Crippen LogP) is 5.06. The molecule has 2 rings (SSSR count). The molecule has 1 aliphatic rings. The third kappa shape index (κ3) is 3.63. The first kappa shape index (κ1) is 14.6. The molecule has 0 radical (unpaired) electrons. The average Bonchev–Trinajstić information content (AvgIpc) is 2.45. The Balaban J connectivity index is 1.97. The number of alkyl halides is 3. The molecule has 1 saturated carbocycles. The second-order valence-corrected chi connectivity index (χ2v) is 5.22. The molecule has 0 atom stereocenters. The molecule has 1 aliphatic carbocycles. The number of nitrogens with zero attached hydrogens (tertiary/aromatic N) is 1. The lowest BCUT2D eigenvalue weighted by molar-refractivity contribution is -0.137. The van der Waals surface area contributed by atoms with Gasteiger partial charge in [0.15, 0.2) is 0 Å². The summed E-state index contributed by atoms with van der Waals surface area (Å²) in [5.74, 6) is 0.768. The van der Waals surface area contributed by atoms with E-state index in [2.05, 4.69) is 0 Å². The summed E-state index contributed by atoms with van der Waals surface area (Å²) < 4.78 is 37.5. The molecule has 1 aromatic carbocycles. The second-order valence-electron chi connectivity index (χ2n) is 5.22. The third-order valence-corrected chi connectivity index (χ3v) is 3.92. The van der Waals surface area contributed by atoms with Crippen molar-refractivity contribution in [3.8, 4) is 6.07 Å². The molecule has 4 heteroatoms. The van der Waals surface area contributed by atoms with Gasteiger partial charge in [-0.2, -0.15) is 18.4 Å². The molecule has 20 heavy (non-hydrogen) atoms. The van der Waals surface area contributed by atoms with Crippen LogP contribution in [0.25, 0.3) is 0 Å². The van der Waals surface area contributed by atoms with Crippen LogP contribution < -0.4 is 0 Å². The van der Waals surface area contributed by atoms with Crippen LogP contribution in [0, 0.1) is 17.2 Å². The Morgan fingerprint density at radius 1 is 1.05 bits per heavy atom. The largest absolute Gasteiger partial charge is 0.416 e. The van der Waals surface area contributed by atoms with Crippen LogP contribution in [0.3, 0.4) is 0 Å². The molecule has 1 aromatic rings. The van der Waals surface area contributed by atoms with Crippen LogP contribution >= 0.6 is 0 Å². The first-order valence-corrected chi connectivity index (χ1v) is 6.74. The highest BCUT2D eigenvalue weighted by molar-refractivity contribution is 5.27. The molecular formula is C16H16F3N. The standard InChI is InChI=1S/C16H16F3N/c17-16(18,19)15-9-7-14(8-10-15)13-5-3-12(4-6-13)2-1-11-20/h1-2,7-10,12-13H,3-6H2/b2-1+/t12-,13-. The normalized spacial score (nSPS) is 23.7. The van der Waals surface area contributed by atoms with Gasteiger partial charge in [-0.15, -0.1) is 0 Å². The van der Waals surface area contributed by atoms with Crippen LogP contribution in [-0.2, 0) is 6.18 Å². The fourth-order valence-corrected chi connectivity index (χ4v) is 2.77. The maximum absolute atomic E-state index is 12.5. The van der Waals surface area contributed by atoms with Crippen molar-refractivity contribution in [1.82, 2.24) is 0 Å². The number of rotatable bonds is 2. The van der Waals surface area contributed by atoms with Gasteiger partial charge in [-0.3, -0.25) is 0 Å². The van der Waals surface area contributed by atoms with Gasteiger partial charge >= 0.3 is 6.18 Å². The first-order chi connectivity index (χ1) is 9.50. The summed E-state index contributed by atoms with van der Waals surface area (Å²) in [6.07, 6.45) is 3.09. The summed E-state index contributed by atoms with van der Waals surface area (Å²) in [5.41, 5.74) is 0.396. The lowest BCUT2D eigenvalue weighted by atomic mass is 9.78. The van der Waals surface area contributed by atoms with E-state index in [4.69, 9.17) is 5.26 Å². The zero-order chi connectivity index (χ0) is 14.6. The minimum atomic E-state index is -4.27. The minimum Gasteiger partial charge on any atom is -0.193 e. The topological polar surface area (TPSA) is 23.8 Å². The smallest absolute Gasteiger partial charge is 0.193 e. The van der Waals surface area contributed by atoms with E-state index in [0.29, 0.717) is 11.8 Å². The van der Waals surface area contributed by atoms with Crippen molar-refractivity contribution in [2.45, 2.75) is 37.8 Å². The molecule has 0 spiro atoms. The van der Waals surface area contributed by atoms with E-state index in [0.717, 1.165) is 43.4 Å². The van der Waals surface area contributed by atoms with E-state index in [1.165, 1.54) is 6.08 Å². The van der Waals surface area contributed by atoms with E-state index >= 15 is 0 Å². The van der Waals surface area contributed by atoms with Crippen LogP contribution in [0.4, 0.5) is 13.2 Å². The van der Waals surface area contributed by atoms with Gasteiger partial charge in [0.05, 0.1) is 11.6 Å². The van der Waals surface area contributed by atoms with Crippen LogP contribution in [0.15, 0.2) is 36.4 Å². The molecule has 0 aromatic heterocycles. The zero-order valence-electron chi connectivity index (χ0n) is 11.0. The highest BCUT2D eigenvalue weighted by Gasteiger charge is 2.30. The number of halogens is 3. The molecule has 0 aliphatic heterocycles. The maximum atomic E-state index is 12.5. The summed E-state index contributed by atoms with van der Waals surface area (Å²) in [6, 6.07) is 7.51. The highest BCUT2D eigenvalue weighted by atomic mass is 19.4. The quantitative estimate of drug-likeness (QED) is 0.694. The molecule has 1 fully saturated rings. The van der Waals surface area contributed by atoms with Gasteiger partial charge in [0.25, 0.3) is 0 Å². The average molecular weight is 279 g/mol. The molecule has 0 bridgehead atoms. The van der Waals surface area contributed by atoms with Crippen molar-refractivity contribution >= 4 is 0 Å². The van der Waals surface area contributed by atoms with Crippen molar-refractivity contribution in [2.24, 2.45) is 5.92 Å². The molecular weight excluding hydrogens is 263 g/mol. The Morgan fingerprint density at radius 3 is 2.15 bits per heavy atom. The van der Waals surface area contributed by atoms with Gasteiger partial charge in [-0.1, -0.05) is 18.2 Å². The SMILES string of the molecule is N#C/C=C/[C@H]1CC[C@H](c2ccc(C(F)(F)F)cc2)CC1. The van der Waals surface area contributed by atoms with E-state index in [1.807, 2.05) is 12.1 Å². The summed E-state index contributed by atoms with van der Waals surface area (Å²) in [5, 5.41) is 8.49. The Hall–Kier alpha value is -1.76. The Labute approximate surface area is 116 Å². The predicted molar refractivity (Wildman–Crippen MR) is 70.9 cm³/mol. The third-order valence-electron chi connectivity index (χ3n) is 3.92. The van der Waals surface area contributed by atoms with Crippen molar-refractivity contribution in [3.63, 3.8) is 0 Å². The summed E-state index contributed by atoms with van der Waals surface area (Å²) in [7, 11) is 0. The van der Waals surface area contributed by atoms with Crippen molar-refractivity contribution in [3.05, 3.63) is 47.5 Å². The Bertz CT molecular complexity index is 500. The molecule has 1 nitrogen and oxygen atoms in total. The fourth-order valence-electron chi connectivity index (χ4n) is 2.77. The van der Waals surface area contributed by atoms with Gasteiger partial charge in [0.2, 0.25) is 0 Å². The van der Waals surface area contributed by atoms with Crippen molar-refractivity contribution in [2.75, 3.05) is 0 Å².